The van der Waals surface area contributed by atoms with Gasteiger partial charge < -0.3 is 29.9 Å². The molecule has 4 N–H and O–H groups in total. The number of aromatic hydroxyl groups is 1. The largest absolute Gasteiger partial charge is 0.507 e. The molecular weight excluding hydrogens is 412 g/mol. The summed E-state index contributed by atoms with van der Waals surface area (Å²) in [6.07, 6.45) is 1.57. The van der Waals surface area contributed by atoms with Crippen molar-refractivity contribution in [1.29, 1.82) is 0 Å². The van der Waals surface area contributed by atoms with Crippen molar-refractivity contribution >= 4 is 5.97 Å². The molecule has 2 heterocycles. The Morgan fingerprint density at radius 1 is 1.09 bits per heavy atom. The Balaban J connectivity index is 1.71. The monoisotopic (exact) mass is 444 g/mol. The zero-order chi connectivity index (χ0) is 23.4. The van der Waals surface area contributed by atoms with Crippen LogP contribution in [0.4, 0.5) is 0 Å². The van der Waals surface area contributed by atoms with Crippen LogP contribution in [-0.4, -0.2) is 50.3 Å². The molecule has 0 radical (unpaired) electrons. The highest BCUT2D eigenvalue weighted by Crippen LogP contribution is 2.63. The predicted octanol–water partition coefficient (Wildman–Crippen LogP) is 2.64. The van der Waals surface area contributed by atoms with Gasteiger partial charge in [-0.15, -0.1) is 0 Å². The summed E-state index contributed by atoms with van der Waals surface area (Å²) in [5.74, 6) is -0.779. The molecule has 0 spiro atoms. The number of hydrogen-bond acceptors (Lipinski definition) is 7. The first-order valence-corrected chi connectivity index (χ1v) is 11.3. The van der Waals surface area contributed by atoms with Crippen molar-refractivity contribution in [3.8, 4) is 11.5 Å². The normalized spacial score (nSPS) is 43.8. The first kappa shape index (κ1) is 21.7. The van der Waals surface area contributed by atoms with E-state index in [1.165, 1.54) is 6.07 Å². The Morgan fingerprint density at radius 3 is 2.47 bits per heavy atom. The molecule has 0 amide bonds. The fraction of sp³-hybridized carbons (Fsp3) is 0.640. The lowest BCUT2D eigenvalue weighted by molar-refractivity contribution is -0.199. The molecule has 5 rings (SSSR count). The van der Waals surface area contributed by atoms with Crippen molar-refractivity contribution in [2.45, 2.75) is 77.5 Å². The lowest BCUT2D eigenvalue weighted by atomic mass is 9.45. The van der Waals surface area contributed by atoms with Crippen molar-refractivity contribution < 1.29 is 34.7 Å². The number of allylic oxidation sites excluding steroid dienone is 1. The summed E-state index contributed by atoms with van der Waals surface area (Å²) in [5.41, 5.74) is -0.779. The van der Waals surface area contributed by atoms with Gasteiger partial charge in [0.1, 0.15) is 34.9 Å². The van der Waals surface area contributed by atoms with E-state index < -0.39 is 46.8 Å². The van der Waals surface area contributed by atoms with Gasteiger partial charge in [-0.3, -0.25) is 0 Å². The number of ether oxygens (including phenoxy) is 2. The molecule has 174 valence electrons. The number of cyclic esters (lactones) is 1. The summed E-state index contributed by atoms with van der Waals surface area (Å²) in [5, 5.41) is 43.4. The van der Waals surface area contributed by atoms with Gasteiger partial charge in [-0.05, 0) is 43.4 Å². The quantitative estimate of drug-likeness (QED) is 0.359. The summed E-state index contributed by atoms with van der Waals surface area (Å²) in [6, 6.07) is 1.39. The topological polar surface area (TPSA) is 116 Å². The van der Waals surface area contributed by atoms with Gasteiger partial charge in [0, 0.05) is 23.1 Å². The molecule has 7 heteroatoms. The number of carbonyl (C=O) groups is 1. The maximum Gasteiger partial charge on any atom is 0.342 e. The van der Waals surface area contributed by atoms with Crippen LogP contribution in [0.2, 0.25) is 0 Å². The minimum atomic E-state index is -1.09. The van der Waals surface area contributed by atoms with Crippen LogP contribution in [0, 0.1) is 22.7 Å². The van der Waals surface area contributed by atoms with Gasteiger partial charge >= 0.3 is 5.97 Å². The maximum atomic E-state index is 12.5. The molecule has 0 bridgehead atoms. The highest BCUT2D eigenvalue weighted by Gasteiger charge is 2.64. The smallest absolute Gasteiger partial charge is 0.342 e. The van der Waals surface area contributed by atoms with Gasteiger partial charge in [0.05, 0.1) is 12.2 Å². The highest BCUT2D eigenvalue weighted by atomic mass is 16.6. The fourth-order valence-electron chi connectivity index (χ4n) is 6.97. The fourth-order valence-corrected chi connectivity index (χ4v) is 6.97. The molecule has 2 aliphatic heterocycles. The van der Waals surface area contributed by atoms with Gasteiger partial charge in [0.2, 0.25) is 0 Å². The second kappa shape index (κ2) is 6.49. The molecule has 1 aromatic rings. The summed E-state index contributed by atoms with van der Waals surface area (Å²) >= 11 is 0. The second-order valence-electron chi connectivity index (χ2n) is 11.1. The van der Waals surface area contributed by atoms with E-state index in [-0.39, 0.29) is 23.1 Å². The molecule has 32 heavy (non-hydrogen) atoms. The number of rotatable bonds is 0. The lowest BCUT2D eigenvalue weighted by Gasteiger charge is -2.63. The summed E-state index contributed by atoms with van der Waals surface area (Å²) in [7, 11) is 0. The number of aliphatic hydroxyl groups excluding tert-OH is 3. The molecule has 0 aromatic heterocycles. The Labute approximate surface area is 187 Å². The number of esters is 1. The van der Waals surface area contributed by atoms with E-state index >= 15 is 0 Å². The zero-order valence-electron chi connectivity index (χ0n) is 19.1. The summed E-state index contributed by atoms with van der Waals surface area (Å²) in [4.78, 5) is 12.5. The van der Waals surface area contributed by atoms with Crippen LogP contribution in [0.25, 0.3) is 0 Å². The third-order valence-corrected chi connectivity index (χ3v) is 9.00. The number of hydrogen-bond donors (Lipinski definition) is 4. The van der Waals surface area contributed by atoms with Crippen molar-refractivity contribution in [2.24, 2.45) is 22.7 Å². The van der Waals surface area contributed by atoms with Crippen molar-refractivity contribution in [3.63, 3.8) is 0 Å². The summed E-state index contributed by atoms with van der Waals surface area (Å²) < 4.78 is 11.7. The predicted molar refractivity (Wildman–Crippen MR) is 115 cm³/mol. The first-order valence-electron chi connectivity index (χ1n) is 11.3. The van der Waals surface area contributed by atoms with Crippen LogP contribution in [-0.2, 0) is 11.2 Å². The molecular formula is C25H32O7. The van der Waals surface area contributed by atoms with Crippen LogP contribution < -0.4 is 4.74 Å². The molecule has 4 aliphatic rings. The van der Waals surface area contributed by atoms with Crippen LogP contribution >= 0.6 is 0 Å². The molecule has 8 atom stereocenters. The van der Waals surface area contributed by atoms with E-state index in [1.807, 2.05) is 26.8 Å². The maximum absolute atomic E-state index is 12.5. The number of fused-ring (bicyclic) bond motifs is 6. The average molecular weight is 445 g/mol. The van der Waals surface area contributed by atoms with Gasteiger partial charge in [-0.1, -0.05) is 32.9 Å². The van der Waals surface area contributed by atoms with E-state index in [2.05, 4.69) is 13.0 Å². The minimum Gasteiger partial charge on any atom is -0.507 e. The van der Waals surface area contributed by atoms with E-state index in [4.69, 9.17) is 9.47 Å². The highest BCUT2D eigenvalue weighted by molar-refractivity contribution is 5.96. The third-order valence-electron chi connectivity index (χ3n) is 9.00. The molecule has 2 aliphatic carbocycles. The molecule has 8 unspecified atom stereocenters. The summed E-state index contributed by atoms with van der Waals surface area (Å²) in [6.45, 7) is 9.70. The average Bonchev–Trinajstić information content (AvgIpc) is 2.70. The number of benzene rings is 1. The van der Waals surface area contributed by atoms with Crippen LogP contribution in [0.1, 0.15) is 68.6 Å². The SMILES string of the molecule is CC1OC(=O)c2c(O)cc3c(c2C1O)CC1C2(C)C=CC(O)C(C)(C)C2CC(O)C1(C)O3. The number of carbonyl (C=O) groups excluding carboxylic acids is 1. The number of aliphatic hydroxyl groups is 3. The number of phenolic OH excluding ortho intramolecular Hbond substituents is 1. The van der Waals surface area contributed by atoms with Crippen molar-refractivity contribution in [3.05, 3.63) is 34.9 Å². The van der Waals surface area contributed by atoms with Crippen LogP contribution in [0.15, 0.2) is 18.2 Å². The first-order chi connectivity index (χ1) is 14.8. The number of phenols is 1. The van der Waals surface area contributed by atoms with Crippen LogP contribution in [0.3, 0.4) is 0 Å². The Hall–Kier alpha value is -2.09. The lowest BCUT2D eigenvalue weighted by Crippen LogP contribution is -2.67. The second-order valence-corrected chi connectivity index (χ2v) is 11.1. The molecule has 7 nitrogen and oxygen atoms in total. The molecule has 1 aromatic carbocycles. The Bertz CT molecular complexity index is 1030. The van der Waals surface area contributed by atoms with Gasteiger partial charge in [0.25, 0.3) is 0 Å². The van der Waals surface area contributed by atoms with E-state index in [9.17, 15) is 25.2 Å². The van der Waals surface area contributed by atoms with Crippen LogP contribution in [0.5, 0.6) is 11.5 Å². The standard InChI is InChI=1S/C25H32O7/c1-11-21(29)19-12-8-16-24(4)7-6-17(27)23(2,3)15(24)10-18(28)25(16,5)32-14(12)9-13(26)20(19)22(30)31-11/h6-7,9,11,15-18,21,26-29H,8,10H2,1-5H3. The molecule has 0 saturated heterocycles. The van der Waals surface area contributed by atoms with Gasteiger partial charge in [-0.2, -0.15) is 0 Å². The van der Waals surface area contributed by atoms with Gasteiger partial charge in [0.15, 0.2) is 0 Å². The van der Waals surface area contributed by atoms with Crippen molar-refractivity contribution in [2.75, 3.05) is 0 Å². The van der Waals surface area contributed by atoms with E-state index in [0.29, 0.717) is 29.7 Å². The third kappa shape index (κ3) is 2.56. The zero-order valence-corrected chi connectivity index (χ0v) is 19.1. The van der Waals surface area contributed by atoms with Gasteiger partial charge in [-0.25, -0.2) is 4.79 Å². The van der Waals surface area contributed by atoms with E-state index in [1.54, 1.807) is 6.92 Å². The minimum absolute atomic E-state index is 0.00465. The Morgan fingerprint density at radius 2 is 1.78 bits per heavy atom. The Kier molecular flexibility index (Phi) is 4.41. The van der Waals surface area contributed by atoms with Crippen molar-refractivity contribution in [1.82, 2.24) is 0 Å². The van der Waals surface area contributed by atoms with E-state index in [0.717, 1.165) is 0 Å². The molecule has 1 fully saturated rings. The molecule has 1 saturated carbocycles.